The van der Waals surface area contributed by atoms with Crippen LogP contribution < -0.4 is 0 Å². The summed E-state index contributed by atoms with van der Waals surface area (Å²) in [6.07, 6.45) is 5.90. The average molecular weight is 225 g/mol. The molecule has 3 heteroatoms. The van der Waals surface area contributed by atoms with Crippen molar-refractivity contribution in [1.82, 2.24) is 4.98 Å². The van der Waals surface area contributed by atoms with Crippen LogP contribution in [0.15, 0.2) is 10.9 Å². The SMILES string of the molecule is CCC1CCCCC1C(O)c1cscn1. The number of aliphatic hydroxyl groups excluding tert-OH is 1. The molecule has 1 aromatic rings. The maximum atomic E-state index is 10.3. The highest BCUT2D eigenvalue weighted by Crippen LogP contribution is 2.39. The number of nitrogens with zero attached hydrogens (tertiary/aromatic N) is 1. The zero-order valence-corrected chi connectivity index (χ0v) is 10.0. The largest absolute Gasteiger partial charge is 0.386 e. The Morgan fingerprint density at radius 3 is 3.00 bits per heavy atom. The van der Waals surface area contributed by atoms with E-state index >= 15 is 0 Å². The van der Waals surface area contributed by atoms with E-state index in [1.54, 1.807) is 11.3 Å². The van der Waals surface area contributed by atoms with Crippen molar-refractivity contribution in [3.05, 3.63) is 16.6 Å². The summed E-state index contributed by atoms with van der Waals surface area (Å²) in [5.41, 5.74) is 2.69. The van der Waals surface area contributed by atoms with Gasteiger partial charge in [-0.25, -0.2) is 4.98 Å². The van der Waals surface area contributed by atoms with E-state index in [0.717, 1.165) is 12.1 Å². The first-order valence-electron chi connectivity index (χ1n) is 5.89. The van der Waals surface area contributed by atoms with Gasteiger partial charge in [-0.15, -0.1) is 11.3 Å². The van der Waals surface area contributed by atoms with Gasteiger partial charge in [-0.05, 0) is 18.3 Å². The second-order valence-electron chi connectivity index (χ2n) is 4.47. The lowest BCUT2D eigenvalue weighted by Crippen LogP contribution is -2.25. The van der Waals surface area contributed by atoms with Crippen LogP contribution in [0, 0.1) is 11.8 Å². The Labute approximate surface area is 95.4 Å². The minimum absolute atomic E-state index is 0.332. The van der Waals surface area contributed by atoms with Crippen molar-refractivity contribution >= 4 is 11.3 Å². The fourth-order valence-electron chi connectivity index (χ4n) is 2.75. The highest BCUT2D eigenvalue weighted by molar-refractivity contribution is 7.07. The summed E-state index contributed by atoms with van der Waals surface area (Å²) >= 11 is 1.57. The number of hydrogen-bond donors (Lipinski definition) is 1. The molecule has 84 valence electrons. The summed E-state index contributed by atoms with van der Waals surface area (Å²) in [7, 11) is 0. The van der Waals surface area contributed by atoms with E-state index in [1.165, 1.54) is 25.7 Å². The first-order valence-corrected chi connectivity index (χ1v) is 6.83. The molecule has 2 nitrogen and oxygen atoms in total. The van der Waals surface area contributed by atoms with Gasteiger partial charge in [0, 0.05) is 5.38 Å². The quantitative estimate of drug-likeness (QED) is 0.855. The lowest BCUT2D eigenvalue weighted by molar-refractivity contribution is 0.0426. The predicted molar refractivity (Wildman–Crippen MR) is 62.8 cm³/mol. The normalized spacial score (nSPS) is 28.9. The molecule has 15 heavy (non-hydrogen) atoms. The lowest BCUT2D eigenvalue weighted by atomic mass is 9.74. The van der Waals surface area contributed by atoms with Crippen LogP contribution in [0.4, 0.5) is 0 Å². The summed E-state index contributed by atoms with van der Waals surface area (Å²) in [6, 6.07) is 0. The van der Waals surface area contributed by atoms with Crippen LogP contribution in [-0.4, -0.2) is 10.1 Å². The summed E-state index contributed by atoms with van der Waals surface area (Å²) in [5, 5.41) is 12.3. The molecule has 0 aliphatic heterocycles. The van der Waals surface area contributed by atoms with Crippen LogP contribution in [0.5, 0.6) is 0 Å². The standard InChI is InChI=1S/C12H19NOS/c1-2-9-5-3-4-6-10(9)12(14)11-7-15-8-13-11/h7-10,12,14H,2-6H2,1H3. The molecule has 3 unspecified atom stereocenters. The monoisotopic (exact) mass is 225 g/mol. The number of rotatable bonds is 3. The van der Waals surface area contributed by atoms with Gasteiger partial charge in [0.15, 0.2) is 0 Å². The van der Waals surface area contributed by atoms with Crippen molar-refractivity contribution in [1.29, 1.82) is 0 Å². The molecule has 0 spiro atoms. The van der Waals surface area contributed by atoms with E-state index in [4.69, 9.17) is 0 Å². The molecule has 1 heterocycles. The van der Waals surface area contributed by atoms with E-state index in [-0.39, 0.29) is 6.10 Å². The molecule has 0 radical (unpaired) electrons. The molecule has 1 aliphatic rings. The molecular formula is C12H19NOS. The Hall–Kier alpha value is -0.410. The molecule has 1 saturated carbocycles. The molecule has 3 atom stereocenters. The van der Waals surface area contributed by atoms with Crippen molar-refractivity contribution in [2.75, 3.05) is 0 Å². The van der Waals surface area contributed by atoms with Crippen LogP contribution in [0.25, 0.3) is 0 Å². The molecule has 0 bridgehead atoms. The van der Waals surface area contributed by atoms with Crippen molar-refractivity contribution in [2.24, 2.45) is 11.8 Å². The minimum Gasteiger partial charge on any atom is -0.386 e. The van der Waals surface area contributed by atoms with Gasteiger partial charge >= 0.3 is 0 Å². The number of hydrogen-bond acceptors (Lipinski definition) is 3. The number of aromatic nitrogens is 1. The van der Waals surface area contributed by atoms with Crippen LogP contribution >= 0.6 is 11.3 Å². The van der Waals surface area contributed by atoms with E-state index in [1.807, 2.05) is 10.9 Å². The summed E-state index contributed by atoms with van der Waals surface area (Å²) < 4.78 is 0. The van der Waals surface area contributed by atoms with Gasteiger partial charge in [-0.3, -0.25) is 0 Å². The zero-order valence-electron chi connectivity index (χ0n) is 9.22. The third-order valence-corrected chi connectivity index (χ3v) is 4.26. The van der Waals surface area contributed by atoms with Crippen molar-refractivity contribution in [3.63, 3.8) is 0 Å². The van der Waals surface area contributed by atoms with Gasteiger partial charge in [-0.2, -0.15) is 0 Å². The molecule has 1 aromatic heterocycles. The Kier molecular flexibility index (Phi) is 3.76. The van der Waals surface area contributed by atoms with E-state index in [0.29, 0.717) is 11.8 Å². The van der Waals surface area contributed by atoms with Crippen molar-refractivity contribution in [2.45, 2.75) is 45.1 Å². The van der Waals surface area contributed by atoms with Gasteiger partial charge in [0.25, 0.3) is 0 Å². The maximum absolute atomic E-state index is 10.3. The first kappa shape index (κ1) is 11.1. The topological polar surface area (TPSA) is 33.1 Å². The summed E-state index contributed by atoms with van der Waals surface area (Å²) in [5.74, 6) is 1.13. The molecule has 1 fully saturated rings. The highest BCUT2D eigenvalue weighted by Gasteiger charge is 2.31. The van der Waals surface area contributed by atoms with Crippen molar-refractivity contribution in [3.8, 4) is 0 Å². The Bertz CT molecular complexity index is 286. The van der Waals surface area contributed by atoms with Gasteiger partial charge < -0.3 is 5.11 Å². The Morgan fingerprint density at radius 1 is 1.53 bits per heavy atom. The minimum atomic E-state index is -0.332. The van der Waals surface area contributed by atoms with Gasteiger partial charge in [0.2, 0.25) is 0 Å². The molecule has 0 aromatic carbocycles. The first-order chi connectivity index (χ1) is 7.33. The van der Waals surface area contributed by atoms with Gasteiger partial charge in [0.1, 0.15) is 0 Å². The second kappa shape index (κ2) is 5.08. The summed E-state index contributed by atoms with van der Waals surface area (Å²) in [6.45, 7) is 2.23. The van der Waals surface area contributed by atoms with E-state index in [2.05, 4.69) is 11.9 Å². The maximum Gasteiger partial charge on any atom is 0.0998 e. The molecular weight excluding hydrogens is 206 g/mol. The molecule has 0 amide bonds. The molecule has 0 saturated heterocycles. The van der Waals surface area contributed by atoms with Crippen LogP contribution in [-0.2, 0) is 0 Å². The van der Waals surface area contributed by atoms with Crippen LogP contribution in [0.2, 0.25) is 0 Å². The number of thiazole rings is 1. The fraction of sp³-hybridized carbons (Fsp3) is 0.750. The highest BCUT2D eigenvalue weighted by atomic mass is 32.1. The van der Waals surface area contributed by atoms with E-state index in [9.17, 15) is 5.11 Å². The third kappa shape index (κ3) is 2.40. The second-order valence-corrected chi connectivity index (χ2v) is 5.19. The molecule has 2 rings (SSSR count). The fourth-order valence-corrected chi connectivity index (χ4v) is 3.33. The Morgan fingerprint density at radius 2 is 2.33 bits per heavy atom. The predicted octanol–water partition coefficient (Wildman–Crippen LogP) is 3.39. The number of aliphatic hydroxyl groups is 1. The van der Waals surface area contributed by atoms with Gasteiger partial charge in [0.05, 0.1) is 17.3 Å². The third-order valence-electron chi connectivity index (χ3n) is 3.65. The van der Waals surface area contributed by atoms with Gasteiger partial charge in [-0.1, -0.05) is 32.6 Å². The molecule has 1 aliphatic carbocycles. The average Bonchev–Trinajstić information content (AvgIpc) is 2.81. The van der Waals surface area contributed by atoms with Crippen LogP contribution in [0.3, 0.4) is 0 Å². The van der Waals surface area contributed by atoms with Crippen molar-refractivity contribution < 1.29 is 5.11 Å². The Balaban J connectivity index is 2.07. The molecule has 1 N–H and O–H groups in total. The van der Waals surface area contributed by atoms with Crippen LogP contribution in [0.1, 0.15) is 50.8 Å². The summed E-state index contributed by atoms with van der Waals surface area (Å²) in [4.78, 5) is 4.23. The lowest BCUT2D eigenvalue weighted by Gasteiger charge is -2.33. The van der Waals surface area contributed by atoms with E-state index < -0.39 is 0 Å². The smallest absolute Gasteiger partial charge is 0.0998 e. The zero-order chi connectivity index (χ0) is 10.7.